The Hall–Kier alpha value is -1.56. The van der Waals surface area contributed by atoms with E-state index in [0.29, 0.717) is 13.2 Å². The first-order valence-corrected chi connectivity index (χ1v) is 6.48. The Morgan fingerprint density at radius 2 is 1.95 bits per heavy atom. The minimum Gasteiger partial charge on any atom is -0.378 e. The number of anilines is 1. The number of morpholine rings is 1. The third kappa shape index (κ3) is 3.96. The average Bonchev–Trinajstić information content (AvgIpc) is 2.45. The van der Waals surface area contributed by atoms with E-state index in [4.69, 9.17) is 4.74 Å². The maximum absolute atomic E-state index is 12.2. The maximum Gasteiger partial charge on any atom is 0.449 e. The molecule has 1 fully saturated rings. The van der Waals surface area contributed by atoms with E-state index in [1.54, 1.807) is 12.1 Å². The van der Waals surface area contributed by atoms with Crippen LogP contribution in [0, 0.1) is 0 Å². The molecule has 0 amide bonds. The normalized spacial score (nSPS) is 16.2. The van der Waals surface area contributed by atoms with E-state index >= 15 is 0 Å². The first-order valence-electron chi connectivity index (χ1n) is 6.48. The van der Waals surface area contributed by atoms with E-state index in [-0.39, 0.29) is 6.42 Å². The van der Waals surface area contributed by atoms with Gasteiger partial charge in [-0.2, -0.15) is 13.2 Å². The van der Waals surface area contributed by atoms with E-state index in [9.17, 15) is 18.0 Å². The van der Waals surface area contributed by atoms with Crippen molar-refractivity contribution in [1.82, 2.24) is 0 Å². The van der Waals surface area contributed by atoms with Gasteiger partial charge in [0.2, 0.25) is 5.78 Å². The highest BCUT2D eigenvalue weighted by molar-refractivity contribution is 5.84. The van der Waals surface area contributed by atoms with Gasteiger partial charge in [-0.05, 0) is 24.1 Å². The van der Waals surface area contributed by atoms with Crippen molar-refractivity contribution in [3.05, 3.63) is 29.8 Å². The molecule has 0 saturated carbocycles. The second-order valence-electron chi connectivity index (χ2n) is 4.69. The lowest BCUT2D eigenvalue weighted by molar-refractivity contribution is -0.171. The molecule has 0 radical (unpaired) electrons. The van der Waals surface area contributed by atoms with Crippen LogP contribution in [0.15, 0.2) is 24.3 Å². The molecule has 6 heteroatoms. The zero-order chi connectivity index (χ0) is 14.6. The van der Waals surface area contributed by atoms with Crippen LogP contribution in [0.4, 0.5) is 18.9 Å². The Morgan fingerprint density at radius 3 is 2.60 bits per heavy atom. The molecule has 20 heavy (non-hydrogen) atoms. The van der Waals surface area contributed by atoms with Crippen LogP contribution in [0.5, 0.6) is 0 Å². The number of benzene rings is 1. The number of ether oxygens (including phenoxy) is 1. The number of hydrogen-bond acceptors (Lipinski definition) is 3. The summed E-state index contributed by atoms with van der Waals surface area (Å²) in [4.78, 5) is 13.0. The van der Waals surface area contributed by atoms with Crippen LogP contribution in [0.1, 0.15) is 12.0 Å². The van der Waals surface area contributed by atoms with E-state index in [2.05, 4.69) is 4.90 Å². The van der Waals surface area contributed by atoms with Crippen molar-refractivity contribution in [1.29, 1.82) is 0 Å². The highest BCUT2D eigenvalue weighted by Gasteiger charge is 2.37. The van der Waals surface area contributed by atoms with Gasteiger partial charge in [-0.3, -0.25) is 4.79 Å². The minimum absolute atomic E-state index is 0.108. The number of aryl methyl sites for hydroxylation is 1. The Kier molecular flexibility index (Phi) is 4.65. The summed E-state index contributed by atoms with van der Waals surface area (Å²) in [6.07, 6.45) is -5.13. The van der Waals surface area contributed by atoms with Crippen molar-refractivity contribution in [2.24, 2.45) is 0 Å². The smallest absolute Gasteiger partial charge is 0.378 e. The summed E-state index contributed by atoms with van der Waals surface area (Å²) in [6.45, 7) is 2.84. The van der Waals surface area contributed by atoms with Crippen LogP contribution < -0.4 is 4.90 Å². The summed E-state index contributed by atoms with van der Waals surface area (Å²) < 4.78 is 41.7. The summed E-state index contributed by atoms with van der Waals surface area (Å²) in [5.41, 5.74) is 1.71. The molecular weight excluding hydrogens is 271 g/mol. The molecule has 0 bridgehead atoms. The fourth-order valence-electron chi connectivity index (χ4n) is 2.13. The fraction of sp³-hybridized carbons (Fsp3) is 0.500. The average molecular weight is 287 g/mol. The van der Waals surface area contributed by atoms with Gasteiger partial charge in [-0.15, -0.1) is 0 Å². The summed E-state index contributed by atoms with van der Waals surface area (Å²) >= 11 is 0. The second kappa shape index (κ2) is 6.26. The van der Waals surface area contributed by atoms with Crippen molar-refractivity contribution in [3.8, 4) is 0 Å². The van der Waals surface area contributed by atoms with Crippen molar-refractivity contribution in [2.45, 2.75) is 19.0 Å². The predicted octanol–water partition coefficient (Wildman–Crippen LogP) is 2.59. The van der Waals surface area contributed by atoms with E-state index in [1.807, 2.05) is 12.1 Å². The van der Waals surface area contributed by atoms with E-state index in [0.717, 1.165) is 24.3 Å². The molecule has 0 unspecified atom stereocenters. The number of carbonyl (C=O) groups is 1. The molecule has 2 rings (SSSR count). The monoisotopic (exact) mass is 287 g/mol. The lowest BCUT2D eigenvalue weighted by Gasteiger charge is -2.29. The van der Waals surface area contributed by atoms with Crippen molar-refractivity contribution in [2.75, 3.05) is 31.2 Å². The Balaban J connectivity index is 1.97. The van der Waals surface area contributed by atoms with Gasteiger partial charge in [0.1, 0.15) is 0 Å². The minimum atomic E-state index is -4.73. The summed E-state index contributed by atoms with van der Waals surface area (Å²) in [7, 11) is 0. The van der Waals surface area contributed by atoms with Gasteiger partial charge in [-0.1, -0.05) is 12.1 Å². The number of rotatable bonds is 4. The van der Waals surface area contributed by atoms with Gasteiger partial charge < -0.3 is 9.64 Å². The molecule has 1 aliphatic heterocycles. The Morgan fingerprint density at radius 1 is 1.25 bits per heavy atom. The second-order valence-corrected chi connectivity index (χ2v) is 4.69. The highest BCUT2D eigenvalue weighted by Crippen LogP contribution is 2.21. The summed E-state index contributed by atoms with van der Waals surface area (Å²) in [6, 6.07) is 7.31. The van der Waals surface area contributed by atoms with Gasteiger partial charge in [0.05, 0.1) is 13.2 Å². The SMILES string of the molecule is O=C(CCc1cccc(N2CCOCC2)c1)C(F)(F)F. The van der Waals surface area contributed by atoms with Gasteiger partial charge in [-0.25, -0.2) is 0 Å². The number of Topliss-reactive ketones (excluding diaryl/α,β-unsaturated/α-hetero) is 1. The van der Waals surface area contributed by atoms with Gasteiger partial charge in [0.15, 0.2) is 0 Å². The molecule has 1 saturated heterocycles. The molecule has 1 aliphatic rings. The third-order valence-electron chi connectivity index (χ3n) is 3.24. The fourth-order valence-corrected chi connectivity index (χ4v) is 2.13. The standard InChI is InChI=1S/C14H16F3NO2/c15-14(16,17)13(19)5-4-11-2-1-3-12(10-11)18-6-8-20-9-7-18/h1-3,10H,4-9H2. The van der Waals surface area contributed by atoms with E-state index in [1.165, 1.54) is 0 Å². The number of carbonyl (C=O) groups excluding carboxylic acids is 1. The zero-order valence-electron chi connectivity index (χ0n) is 10.9. The number of nitrogens with zero attached hydrogens (tertiary/aromatic N) is 1. The number of hydrogen-bond donors (Lipinski definition) is 0. The molecule has 1 heterocycles. The Bertz CT molecular complexity index is 468. The zero-order valence-corrected chi connectivity index (χ0v) is 10.9. The third-order valence-corrected chi connectivity index (χ3v) is 3.24. The molecule has 0 aliphatic carbocycles. The highest BCUT2D eigenvalue weighted by atomic mass is 19.4. The molecule has 1 aromatic carbocycles. The van der Waals surface area contributed by atoms with Crippen molar-refractivity contribution >= 4 is 11.5 Å². The predicted molar refractivity (Wildman–Crippen MR) is 68.9 cm³/mol. The molecule has 0 atom stereocenters. The first kappa shape index (κ1) is 14.8. The van der Waals surface area contributed by atoms with Gasteiger partial charge in [0.25, 0.3) is 0 Å². The number of halogens is 3. The van der Waals surface area contributed by atoms with Crippen LogP contribution in [-0.2, 0) is 16.0 Å². The lowest BCUT2D eigenvalue weighted by Crippen LogP contribution is -2.36. The van der Waals surface area contributed by atoms with Crippen LogP contribution >= 0.6 is 0 Å². The molecule has 0 N–H and O–H groups in total. The number of alkyl halides is 3. The largest absolute Gasteiger partial charge is 0.449 e. The van der Waals surface area contributed by atoms with Crippen LogP contribution in [0.2, 0.25) is 0 Å². The van der Waals surface area contributed by atoms with E-state index < -0.39 is 18.4 Å². The first-order chi connectivity index (χ1) is 9.47. The molecular formula is C14H16F3NO2. The van der Waals surface area contributed by atoms with Gasteiger partial charge in [0, 0.05) is 25.2 Å². The van der Waals surface area contributed by atoms with Crippen LogP contribution in [-0.4, -0.2) is 38.3 Å². The van der Waals surface area contributed by atoms with Gasteiger partial charge >= 0.3 is 6.18 Å². The summed E-state index contributed by atoms with van der Waals surface area (Å²) in [5, 5.41) is 0. The molecule has 0 spiro atoms. The van der Waals surface area contributed by atoms with Crippen LogP contribution in [0.3, 0.4) is 0 Å². The van der Waals surface area contributed by atoms with Crippen molar-refractivity contribution in [3.63, 3.8) is 0 Å². The Labute approximate surface area is 115 Å². The van der Waals surface area contributed by atoms with Crippen LogP contribution in [0.25, 0.3) is 0 Å². The summed E-state index contributed by atoms with van der Waals surface area (Å²) in [5.74, 6) is -1.67. The quantitative estimate of drug-likeness (QED) is 0.852. The molecule has 1 aromatic rings. The molecule has 0 aromatic heterocycles. The number of ketones is 1. The van der Waals surface area contributed by atoms with Crippen molar-refractivity contribution < 1.29 is 22.7 Å². The lowest BCUT2D eigenvalue weighted by atomic mass is 10.1. The molecule has 110 valence electrons. The maximum atomic E-state index is 12.2. The molecule has 3 nitrogen and oxygen atoms in total. The topological polar surface area (TPSA) is 29.5 Å².